The number of likely N-dealkylation sites (tertiary alicyclic amines) is 1. The summed E-state index contributed by atoms with van der Waals surface area (Å²) in [4.78, 5) is 18.5. The van der Waals surface area contributed by atoms with E-state index in [4.69, 9.17) is 4.52 Å². The normalized spacial score (nSPS) is 19.2. The average molecular weight is 291 g/mol. The van der Waals surface area contributed by atoms with Gasteiger partial charge < -0.3 is 9.42 Å². The van der Waals surface area contributed by atoms with Crippen molar-refractivity contribution in [1.29, 1.82) is 0 Å². The van der Waals surface area contributed by atoms with Crippen molar-refractivity contribution in [3.63, 3.8) is 0 Å². The average Bonchev–Trinajstić information content (AvgIpc) is 3.10. The highest BCUT2D eigenvalue weighted by Crippen LogP contribution is 2.26. The van der Waals surface area contributed by atoms with Gasteiger partial charge in [0.1, 0.15) is 0 Å². The van der Waals surface area contributed by atoms with Crippen LogP contribution in [-0.2, 0) is 11.2 Å². The molecule has 1 amide bonds. The van der Waals surface area contributed by atoms with Gasteiger partial charge in [0.2, 0.25) is 11.8 Å². The van der Waals surface area contributed by atoms with Crippen LogP contribution in [0.1, 0.15) is 36.0 Å². The number of thiophene rings is 1. The first-order valence-electron chi connectivity index (χ1n) is 6.81. The molecule has 0 N–H and O–H groups in total. The van der Waals surface area contributed by atoms with Crippen LogP contribution in [0.2, 0.25) is 0 Å². The predicted molar refractivity (Wildman–Crippen MR) is 75.6 cm³/mol. The predicted octanol–water partition coefficient (Wildman–Crippen LogP) is 2.39. The lowest BCUT2D eigenvalue weighted by Crippen LogP contribution is -2.40. The van der Waals surface area contributed by atoms with Crippen LogP contribution in [0.15, 0.2) is 21.3 Å². The second-order valence-electron chi connectivity index (χ2n) is 5.17. The quantitative estimate of drug-likeness (QED) is 0.871. The lowest BCUT2D eigenvalue weighted by atomic mass is 9.97. The molecule has 0 saturated carbocycles. The maximum atomic E-state index is 12.3. The highest BCUT2D eigenvalue weighted by atomic mass is 32.1. The lowest BCUT2D eigenvalue weighted by Gasteiger charge is -2.31. The van der Waals surface area contributed by atoms with Gasteiger partial charge in [0.05, 0.1) is 12.3 Å². The highest BCUT2D eigenvalue weighted by Gasteiger charge is 2.28. The van der Waals surface area contributed by atoms with Gasteiger partial charge in [0, 0.05) is 13.1 Å². The molecule has 1 saturated heterocycles. The van der Waals surface area contributed by atoms with Crippen LogP contribution >= 0.6 is 11.3 Å². The summed E-state index contributed by atoms with van der Waals surface area (Å²) >= 11 is 1.62. The number of carbonyl (C=O) groups is 1. The molecule has 1 fully saturated rings. The molecule has 0 aromatic carbocycles. The van der Waals surface area contributed by atoms with E-state index in [0.717, 1.165) is 24.9 Å². The third-order valence-corrected chi connectivity index (χ3v) is 4.33. The summed E-state index contributed by atoms with van der Waals surface area (Å²) in [5, 5.41) is 7.87. The largest absolute Gasteiger partial charge is 0.342 e. The van der Waals surface area contributed by atoms with Gasteiger partial charge in [-0.2, -0.15) is 16.3 Å². The molecular formula is C14H17N3O2S. The van der Waals surface area contributed by atoms with E-state index in [1.54, 1.807) is 11.3 Å². The fraction of sp³-hybridized carbons (Fsp3) is 0.500. The number of piperidine rings is 1. The van der Waals surface area contributed by atoms with E-state index in [1.807, 2.05) is 28.7 Å². The molecule has 6 heteroatoms. The Morgan fingerprint density at radius 2 is 2.50 bits per heavy atom. The SMILES string of the molecule is Cc1noc(C2CCCN(C(=O)Cc3ccsc3)C2)n1. The minimum Gasteiger partial charge on any atom is -0.342 e. The standard InChI is InChI=1S/C14H17N3O2S/c1-10-15-14(19-16-10)12-3-2-5-17(8-12)13(18)7-11-4-6-20-9-11/h4,6,9,12H,2-3,5,7-8H2,1H3. The Hall–Kier alpha value is -1.69. The first kappa shape index (κ1) is 13.3. The number of amides is 1. The van der Waals surface area contributed by atoms with E-state index >= 15 is 0 Å². The van der Waals surface area contributed by atoms with Gasteiger partial charge in [-0.3, -0.25) is 4.79 Å². The number of hydrogen-bond acceptors (Lipinski definition) is 5. The Morgan fingerprint density at radius 1 is 1.60 bits per heavy atom. The van der Waals surface area contributed by atoms with Gasteiger partial charge in [0.15, 0.2) is 5.82 Å². The van der Waals surface area contributed by atoms with Crippen LogP contribution in [0, 0.1) is 6.92 Å². The van der Waals surface area contributed by atoms with E-state index in [2.05, 4.69) is 10.1 Å². The summed E-state index contributed by atoms with van der Waals surface area (Å²) in [6.45, 7) is 3.33. The minimum atomic E-state index is 0.177. The molecule has 3 heterocycles. The van der Waals surface area contributed by atoms with Crippen molar-refractivity contribution in [2.24, 2.45) is 0 Å². The van der Waals surface area contributed by atoms with Gasteiger partial charge in [0.25, 0.3) is 0 Å². The van der Waals surface area contributed by atoms with Crippen LogP contribution < -0.4 is 0 Å². The summed E-state index contributed by atoms with van der Waals surface area (Å²) in [5.74, 6) is 1.68. The smallest absolute Gasteiger partial charge is 0.231 e. The molecule has 1 aliphatic rings. The Bertz CT molecular complexity index is 579. The molecule has 0 radical (unpaired) electrons. The highest BCUT2D eigenvalue weighted by molar-refractivity contribution is 7.07. The van der Waals surface area contributed by atoms with Gasteiger partial charge in [-0.25, -0.2) is 0 Å². The molecule has 5 nitrogen and oxygen atoms in total. The molecule has 1 unspecified atom stereocenters. The Morgan fingerprint density at radius 3 is 3.20 bits per heavy atom. The maximum Gasteiger partial charge on any atom is 0.231 e. The van der Waals surface area contributed by atoms with Crippen LogP contribution in [-0.4, -0.2) is 34.0 Å². The molecule has 2 aromatic heterocycles. The van der Waals surface area contributed by atoms with Crippen molar-refractivity contribution in [2.75, 3.05) is 13.1 Å². The van der Waals surface area contributed by atoms with Crippen LogP contribution in [0.25, 0.3) is 0 Å². The topological polar surface area (TPSA) is 59.2 Å². The second kappa shape index (κ2) is 5.75. The molecule has 1 aliphatic heterocycles. The molecule has 2 aromatic rings. The zero-order chi connectivity index (χ0) is 13.9. The molecular weight excluding hydrogens is 274 g/mol. The first-order chi connectivity index (χ1) is 9.72. The van der Waals surface area contributed by atoms with Crippen molar-refractivity contribution in [3.05, 3.63) is 34.1 Å². The van der Waals surface area contributed by atoms with Gasteiger partial charge >= 0.3 is 0 Å². The van der Waals surface area contributed by atoms with E-state index in [1.165, 1.54) is 0 Å². The number of aromatic nitrogens is 2. The number of rotatable bonds is 3. The number of nitrogens with zero attached hydrogens (tertiary/aromatic N) is 3. The Kier molecular flexibility index (Phi) is 3.82. The van der Waals surface area contributed by atoms with Crippen molar-refractivity contribution in [2.45, 2.75) is 32.1 Å². The molecule has 3 rings (SSSR count). The number of aryl methyl sites for hydroxylation is 1. The maximum absolute atomic E-state index is 12.3. The summed E-state index contributed by atoms with van der Waals surface area (Å²) in [6.07, 6.45) is 2.48. The second-order valence-corrected chi connectivity index (χ2v) is 5.95. The Balaban J connectivity index is 1.64. The van der Waals surface area contributed by atoms with E-state index in [9.17, 15) is 4.79 Å². The third kappa shape index (κ3) is 2.90. The fourth-order valence-corrected chi connectivity index (χ4v) is 3.23. The lowest BCUT2D eigenvalue weighted by molar-refractivity contribution is -0.131. The van der Waals surface area contributed by atoms with E-state index in [0.29, 0.717) is 24.7 Å². The molecule has 20 heavy (non-hydrogen) atoms. The van der Waals surface area contributed by atoms with Crippen LogP contribution in [0.3, 0.4) is 0 Å². The fourth-order valence-electron chi connectivity index (χ4n) is 2.56. The molecule has 0 aliphatic carbocycles. The molecule has 0 spiro atoms. The van der Waals surface area contributed by atoms with Crippen molar-refractivity contribution in [3.8, 4) is 0 Å². The van der Waals surface area contributed by atoms with Crippen LogP contribution in [0.5, 0.6) is 0 Å². The van der Waals surface area contributed by atoms with Crippen molar-refractivity contribution < 1.29 is 9.32 Å². The Labute approximate surface area is 121 Å². The summed E-state index contributed by atoms with van der Waals surface area (Å²) in [7, 11) is 0. The van der Waals surface area contributed by atoms with Gasteiger partial charge in [-0.15, -0.1) is 0 Å². The molecule has 0 bridgehead atoms. The van der Waals surface area contributed by atoms with Crippen molar-refractivity contribution >= 4 is 17.2 Å². The molecule has 1 atom stereocenters. The number of carbonyl (C=O) groups excluding carboxylic acids is 1. The zero-order valence-corrected chi connectivity index (χ0v) is 12.2. The molecule has 106 valence electrons. The van der Waals surface area contributed by atoms with Crippen molar-refractivity contribution in [1.82, 2.24) is 15.0 Å². The zero-order valence-electron chi connectivity index (χ0n) is 11.4. The summed E-state index contributed by atoms with van der Waals surface area (Å²) < 4.78 is 5.24. The first-order valence-corrected chi connectivity index (χ1v) is 7.75. The monoisotopic (exact) mass is 291 g/mol. The summed E-state index contributed by atoms with van der Waals surface area (Å²) in [5.41, 5.74) is 1.09. The number of hydrogen-bond donors (Lipinski definition) is 0. The van der Waals surface area contributed by atoms with Gasteiger partial charge in [-0.05, 0) is 42.2 Å². The minimum absolute atomic E-state index is 0.177. The van der Waals surface area contributed by atoms with Crippen LogP contribution in [0.4, 0.5) is 0 Å². The third-order valence-electron chi connectivity index (χ3n) is 3.60. The summed E-state index contributed by atoms with van der Waals surface area (Å²) in [6, 6.07) is 2.01. The van der Waals surface area contributed by atoms with Gasteiger partial charge in [-0.1, -0.05) is 5.16 Å². The van der Waals surface area contributed by atoms with E-state index < -0.39 is 0 Å². The van der Waals surface area contributed by atoms with E-state index in [-0.39, 0.29) is 11.8 Å².